The van der Waals surface area contributed by atoms with E-state index in [2.05, 4.69) is 61.3 Å². The number of hydrogen-bond donors (Lipinski definition) is 1. The molecule has 0 spiro atoms. The Morgan fingerprint density at radius 2 is 2.13 bits per heavy atom. The molecule has 0 fully saturated rings. The number of amides is 1. The predicted molar refractivity (Wildman–Crippen MR) is 100 cm³/mol. The molecule has 0 saturated carbocycles. The van der Waals surface area contributed by atoms with Gasteiger partial charge in [0.05, 0.1) is 21.4 Å². The molecule has 3 aromatic rings. The summed E-state index contributed by atoms with van der Waals surface area (Å²) >= 11 is 8.18. The van der Waals surface area contributed by atoms with Gasteiger partial charge in [0.25, 0.3) is 5.91 Å². The Hall–Kier alpha value is -1.44. The van der Waals surface area contributed by atoms with E-state index in [1.165, 1.54) is 16.9 Å². The third-order valence-electron chi connectivity index (χ3n) is 3.24. The van der Waals surface area contributed by atoms with Crippen LogP contribution >= 0.6 is 43.2 Å². The molecular formula is C16H13Br2N3OS. The monoisotopic (exact) mass is 453 g/mol. The SMILES string of the molecule is Cc1cccc(Cn2nccc2NC(=O)c2cc(Br)c(Br)s2)c1. The van der Waals surface area contributed by atoms with E-state index in [1.54, 1.807) is 23.0 Å². The number of carbonyl (C=O) groups is 1. The molecule has 2 aromatic heterocycles. The lowest BCUT2D eigenvalue weighted by Gasteiger charge is -2.09. The Kier molecular flexibility index (Phi) is 4.99. The molecule has 0 bridgehead atoms. The summed E-state index contributed by atoms with van der Waals surface area (Å²) in [5.74, 6) is 0.532. The lowest BCUT2D eigenvalue weighted by atomic mass is 10.1. The Morgan fingerprint density at radius 3 is 2.83 bits per heavy atom. The number of anilines is 1. The second-order valence-electron chi connectivity index (χ2n) is 5.05. The number of hydrogen-bond acceptors (Lipinski definition) is 3. The van der Waals surface area contributed by atoms with Crippen LogP contribution in [-0.2, 0) is 6.54 Å². The van der Waals surface area contributed by atoms with Crippen LogP contribution in [0.5, 0.6) is 0 Å². The largest absolute Gasteiger partial charge is 0.306 e. The van der Waals surface area contributed by atoms with E-state index in [1.807, 2.05) is 12.1 Å². The summed E-state index contributed by atoms with van der Waals surface area (Å²) < 4.78 is 3.56. The molecule has 0 saturated heterocycles. The van der Waals surface area contributed by atoms with Crippen molar-refractivity contribution in [1.82, 2.24) is 9.78 Å². The molecule has 7 heteroatoms. The van der Waals surface area contributed by atoms with Crippen LogP contribution in [0.2, 0.25) is 0 Å². The highest BCUT2D eigenvalue weighted by Gasteiger charge is 2.14. The average Bonchev–Trinajstić information content (AvgIpc) is 3.07. The molecule has 0 unspecified atom stereocenters. The zero-order valence-corrected chi connectivity index (χ0v) is 16.2. The molecule has 1 amide bonds. The van der Waals surface area contributed by atoms with Crippen molar-refractivity contribution in [3.05, 3.63) is 66.9 Å². The molecule has 0 aliphatic rings. The Bertz CT molecular complexity index is 837. The quantitative estimate of drug-likeness (QED) is 0.597. The molecule has 118 valence electrons. The van der Waals surface area contributed by atoms with E-state index in [4.69, 9.17) is 0 Å². The predicted octanol–water partition coefficient (Wildman–Crippen LogP) is 5.08. The van der Waals surface area contributed by atoms with Crippen LogP contribution in [0.15, 0.2) is 50.9 Å². The number of benzene rings is 1. The van der Waals surface area contributed by atoms with Gasteiger partial charge in [-0.25, -0.2) is 4.68 Å². The van der Waals surface area contributed by atoms with Crippen LogP contribution in [0.1, 0.15) is 20.8 Å². The van der Waals surface area contributed by atoms with Crippen LogP contribution in [-0.4, -0.2) is 15.7 Å². The number of rotatable bonds is 4. The maximum absolute atomic E-state index is 12.4. The Morgan fingerprint density at radius 1 is 1.30 bits per heavy atom. The highest BCUT2D eigenvalue weighted by Crippen LogP contribution is 2.32. The number of aromatic nitrogens is 2. The van der Waals surface area contributed by atoms with Gasteiger partial charge in [-0.2, -0.15) is 5.10 Å². The van der Waals surface area contributed by atoms with Crippen molar-refractivity contribution in [3.8, 4) is 0 Å². The first-order valence-corrected chi connectivity index (χ1v) is 9.27. The lowest BCUT2D eigenvalue weighted by molar-refractivity contribution is 0.102. The second kappa shape index (κ2) is 6.98. The minimum Gasteiger partial charge on any atom is -0.306 e. The van der Waals surface area contributed by atoms with Crippen molar-refractivity contribution >= 4 is 54.9 Å². The van der Waals surface area contributed by atoms with E-state index in [-0.39, 0.29) is 5.91 Å². The van der Waals surface area contributed by atoms with E-state index in [0.29, 0.717) is 17.2 Å². The summed E-state index contributed by atoms with van der Waals surface area (Å²) in [5, 5.41) is 7.21. The van der Waals surface area contributed by atoms with Gasteiger partial charge in [0.1, 0.15) is 5.82 Å². The molecule has 2 heterocycles. The summed E-state index contributed by atoms with van der Waals surface area (Å²) in [4.78, 5) is 13.0. The Labute approximate surface area is 154 Å². The first-order chi connectivity index (χ1) is 11.0. The summed E-state index contributed by atoms with van der Waals surface area (Å²) in [6.45, 7) is 2.67. The van der Waals surface area contributed by atoms with Crippen molar-refractivity contribution in [1.29, 1.82) is 0 Å². The minimum absolute atomic E-state index is 0.146. The molecule has 0 aliphatic carbocycles. The lowest BCUT2D eigenvalue weighted by Crippen LogP contribution is -2.15. The van der Waals surface area contributed by atoms with Crippen LogP contribution in [0, 0.1) is 6.92 Å². The number of nitrogens with zero attached hydrogens (tertiary/aromatic N) is 2. The number of halogens is 2. The van der Waals surface area contributed by atoms with Crippen molar-refractivity contribution < 1.29 is 4.79 Å². The van der Waals surface area contributed by atoms with Gasteiger partial charge in [0, 0.05) is 10.5 Å². The van der Waals surface area contributed by atoms with E-state index >= 15 is 0 Å². The van der Waals surface area contributed by atoms with E-state index in [9.17, 15) is 4.79 Å². The zero-order valence-electron chi connectivity index (χ0n) is 12.2. The van der Waals surface area contributed by atoms with Crippen molar-refractivity contribution in [2.45, 2.75) is 13.5 Å². The average molecular weight is 455 g/mol. The summed E-state index contributed by atoms with van der Waals surface area (Å²) in [7, 11) is 0. The van der Waals surface area contributed by atoms with Gasteiger partial charge in [0.15, 0.2) is 0 Å². The molecule has 1 aromatic carbocycles. The maximum atomic E-state index is 12.4. The van der Waals surface area contributed by atoms with Gasteiger partial charge in [-0.05, 0) is 50.4 Å². The molecule has 4 nitrogen and oxygen atoms in total. The second-order valence-corrected chi connectivity index (χ2v) is 8.27. The fourth-order valence-corrected chi connectivity index (χ4v) is 4.12. The highest BCUT2D eigenvalue weighted by molar-refractivity contribution is 9.13. The molecule has 0 aliphatic heterocycles. The third-order valence-corrected chi connectivity index (χ3v) is 6.50. The topological polar surface area (TPSA) is 46.9 Å². The van der Waals surface area contributed by atoms with Crippen molar-refractivity contribution in [3.63, 3.8) is 0 Å². The summed E-state index contributed by atoms with van der Waals surface area (Å²) in [6, 6.07) is 11.8. The fraction of sp³-hybridized carbons (Fsp3) is 0.125. The van der Waals surface area contributed by atoms with E-state index < -0.39 is 0 Å². The van der Waals surface area contributed by atoms with Gasteiger partial charge in [0.2, 0.25) is 0 Å². The number of carbonyl (C=O) groups excluding carboxylic acids is 1. The summed E-state index contributed by atoms with van der Waals surface area (Å²) in [5.41, 5.74) is 2.35. The number of nitrogens with one attached hydrogen (secondary N) is 1. The smallest absolute Gasteiger partial charge is 0.266 e. The van der Waals surface area contributed by atoms with E-state index in [0.717, 1.165) is 13.8 Å². The summed E-state index contributed by atoms with van der Waals surface area (Å²) in [6.07, 6.45) is 1.69. The van der Waals surface area contributed by atoms with Crippen LogP contribution < -0.4 is 5.32 Å². The molecular weight excluding hydrogens is 442 g/mol. The maximum Gasteiger partial charge on any atom is 0.266 e. The van der Waals surface area contributed by atoms with Crippen LogP contribution in [0.3, 0.4) is 0 Å². The molecule has 23 heavy (non-hydrogen) atoms. The highest BCUT2D eigenvalue weighted by atomic mass is 79.9. The van der Waals surface area contributed by atoms with Crippen LogP contribution in [0.4, 0.5) is 5.82 Å². The van der Waals surface area contributed by atoms with Gasteiger partial charge in [-0.15, -0.1) is 11.3 Å². The first kappa shape index (κ1) is 16.4. The van der Waals surface area contributed by atoms with Gasteiger partial charge in [-0.3, -0.25) is 4.79 Å². The van der Waals surface area contributed by atoms with Gasteiger partial charge < -0.3 is 5.32 Å². The zero-order chi connectivity index (χ0) is 16.4. The first-order valence-electron chi connectivity index (χ1n) is 6.86. The molecule has 3 rings (SSSR count). The fourth-order valence-electron chi connectivity index (χ4n) is 2.18. The number of thiophene rings is 1. The van der Waals surface area contributed by atoms with Crippen molar-refractivity contribution in [2.24, 2.45) is 0 Å². The van der Waals surface area contributed by atoms with Crippen molar-refractivity contribution in [2.75, 3.05) is 5.32 Å². The van der Waals surface area contributed by atoms with Gasteiger partial charge in [-0.1, -0.05) is 29.8 Å². The third kappa shape index (κ3) is 3.91. The minimum atomic E-state index is -0.146. The standard InChI is InChI=1S/C16H13Br2N3OS/c1-10-3-2-4-11(7-10)9-21-14(5-6-19-21)20-16(22)13-8-12(17)15(18)23-13/h2-8H,9H2,1H3,(H,20,22). The molecule has 0 radical (unpaired) electrons. The molecule has 1 N–H and O–H groups in total. The van der Waals surface area contributed by atoms with Gasteiger partial charge >= 0.3 is 0 Å². The normalized spacial score (nSPS) is 10.7. The number of aryl methyl sites for hydroxylation is 1. The van der Waals surface area contributed by atoms with Crippen LogP contribution in [0.25, 0.3) is 0 Å². The Balaban J connectivity index is 1.77. The molecule has 0 atom stereocenters.